The lowest BCUT2D eigenvalue weighted by molar-refractivity contribution is -0.137. The molecule has 0 aliphatic rings. The summed E-state index contributed by atoms with van der Waals surface area (Å²) in [5.74, 6) is 0.0267. The Kier molecular flexibility index (Phi) is 3.17. The summed E-state index contributed by atoms with van der Waals surface area (Å²) in [7, 11) is 0. The van der Waals surface area contributed by atoms with Crippen LogP contribution in [0.1, 0.15) is 24.4 Å². The molecule has 0 atom stereocenters. The Bertz CT molecular complexity index is 517. The Labute approximate surface area is 96.9 Å². The zero-order chi connectivity index (χ0) is 12.3. The molecule has 0 aliphatic carbocycles. The van der Waals surface area contributed by atoms with E-state index in [2.05, 4.69) is 20.4 Å². The minimum Gasteiger partial charge on any atom is -0.481 e. The lowest BCUT2D eigenvalue weighted by atomic mass is 10.2. The molecule has 7 heteroatoms. The Balaban J connectivity index is 2.01. The van der Waals surface area contributed by atoms with E-state index < -0.39 is 5.97 Å². The van der Waals surface area contributed by atoms with E-state index in [4.69, 9.17) is 9.52 Å². The molecule has 2 aromatic rings. The third kappa shape index (κ3) is 2.68. The molecule has 0 fully saturated rings. The molecule has 2 heterocycles. The zero-order valence-electron chi connectivity index (χ0n) is 9.30. The molecule has 90 valence electrons. The quantitative estimate of drug-likeness (QED) is 0.807. The highest BCUT2D eigenvalue weighted by Crippen LogP contribution is 2.20. The Morgan fingerprint density at radius 2 is 2.35 bits per heavy atom. The van der Waals surface area contributed by atoms with Gasteiger partial charge in [-0.15, -0.1) is 10.2 Å². The Morgan fingerprint density at radius 1 is 1.53 bits per heavy atom. The van der Waals surface area contributed by atoms with Crippen molar-refractivity contribution in [3.05, 3.63) is 17.8 Å². The van der Waals surface area contributed by atoms with Crippen LogP contribution in [0.4, 0.5) is 0 Å². The number of carbonyl (C=O) groups is 1. The SMILES string of the molecule is Cc1[nH]ncc1-c1nnc(CCCC(=O)O)o1. The highest BCUT2D eigenvalue weighted by atomic mass is 16.4. The van der Waals surface area contributed by atoms with E-state index >= 15 is 0 Å². The van der Waals surface area contributed by atoms with Crippen molar-refractivity contribution >= 4 is 5.97 Å². The van der Waals surface area contributed by atoms with Crippen molar-refractivity contribution in [2.24, 2.45) is 0 Å². The molecule has 0 amide bonds. The van der Waals surface area contributed by atoms with Gasteiger partial charge in [0.1, 0.15) is 0 Å². The van der Waals surface area contributed by atoms with E-state index in [1.54, 1.807) is 6.20 Å². The van der Waals surface area contributed by atoms with Crippen molar-refractivity contribution in [3.63, 3.8) is 0 Å². The van der Waals surface area contributed by atoms with E-state index in [0.29, 0.717) is 24.6 Å². The maximum Gasteiger partial charge on any atom is 0.303 e. The monoisotopic (exact) mass is 236 g/mol. The van der Waals surface area contributed by atoms with E-state index in [-0.39, 0.29) is 6.42 Å². The van der Waals surface area contributed by atoms with Gasteiger partial charge in [-0.2, -0.15) is 5.10 Å². The van der Waals surface area contributed by atoms with Gasteiger partial charge in [0, 0.05) is 18.5 Å². The van der Waals surface area contributed by atoms with Crippen LogP contribution in [0, 0.1) is 6.92 Å². The summed E-state index contributed by atoms with van der Waals surface area (Å²) < 4.78 is 5.42. The maximum absolute atomic E-state index is 10.3. The van der Waals surface area contributed by atoms with Gasteiger partial charge >= 0.3 is 5.97 Å². The number of hydrogen-bond donors (Lipinski definition) is 2. The number of aromatic nitrogens is 4. The van der Waals surface area contributed by atoms with Gasteiger partial charge in [0.05, 0.1) is 11.8 Å². The summed E-state index contributed by atoms with van der Waals surface area (Å²) in [6, 6.07) is 0. The van der Waals surface area contributed by atoms with Crippen LogP contribution >= 0.6 is 0 Å². The zero-order valence-corrected chi connectivity index (χ0v) is 9.30. The topological polar surface area (TPSA) is 105 Å². The normalized spacial score (nSPS) is 10.6. The predicted molar refractivity (Wildman–Crippen MR) is 57.2 cm³/mol. The molecule has 0 bridgehead atoms. The van der Waals surface area contributed by atoms with E-state index in [1.165, 1.54) is 0 Å². The molecule has 0 aliphatic heterocycles. The first-order chi connectivity index (χ1) is 8.16. The summed E-state index contributed by atoms with van der Waals surface area (Å²) >= 11 is 0. The van der Waals surface area contributed by atoms with Crippen LogP contribution in [-0.4, -0.2) is 31.5 Å². The molecule has 17 heavy (non-hydrogen) atoms. The summed E-state index contributed by atoms with van der Waals surface area (Å²) in [6.45, 7) is 1.86. The molecule has 2 aromatic heterocycles. The fourth-order valence-electron chi connectivity index (χ4n) is 1.42. The van der Waals surface area contributed by atoms with E-state index in [9.17, 15) is 4.79 Å². The van der Waals surface area contributed by atoms with Gasteiger partial charge in [-0.3, -0.25) is 9.89 Å². The molecule has 0 spiro atoms. The van der Waals surface area contributed by atoms with E-state index in [1.807, 2.05) is 6.92 Å². The fourth-order valence-corrected chi connectivity index (χ4v) is 1.42. The summed E-state index contributed by atoms with van der Waals surface area (Å²) in [4.78, 5) is 10.3. The largest absolute Gasteiger partial charge is 0.481 e. The number of H-pyrrole nitrogens is 1. The molecule has 7 nitrogen and oxygen atoms in total. The molecule has 0 saturated heterocycles. The van der Waals surface area contributed by atoms with Crippen LogP contribution in [-0.2, 0) is 11.2 Å². The average Bonchev–Trinajstić information content (AvgIpc) is 2.86. The smallest absolute Gasteiger partial charge is 0.303 e. The number of carboxylic acid groups (broad SMARTS) is 1. The van der Waals surface area contributed by atoms with Crippen molar-refractivity contribution in [1.82, 2.24) is 20.4 Å². The first-order valence-corrected chi connectivity index (χ1v) is 5.21. The third-order valence-electron chi connectivity index (χ3n) is 2.31. The minimum absolute atomic E-state index is 0.0997. The standard InChI is InChI=1S/C10H12N4O3/c1-6-7(5-11-12-6)10-14-13-8(17-10)3-2-4-9(15)16/h5H,2-4H2,1H3,(H,11,12)(H,15,16). The molecule has 0 unspecified atom stereocenters. The fraction of sp³-hybridized carbons (Fsp3) is 0.400. The van der Waals surface area contributed by atoms with Gasteiger partial charge in [-0.05, 0) is 13.3 Å². The van der Waals surface area contributed by atoms with Crippen molar-refractivity contribution in [2.75, 3.05) is 0 Å². The van der Waals surface area contributed by atoms with Crippen LogP contribution in [0.15, 0.2) is 10.6 Å². The summed E-state index contributed by atoms with van der Waals surface area (Å²) in [5.41, 5.74) is 1.62. The van der Waals surface area contributed by atoms with Crippen LogP contribution < -0.4 is 0 Å². The van der Waals surface area contributed by atoms with Crippen LogP contribution in [0.25, 0.3) is 11.5 Å². The summed E-state index contributed by atoms with van der Waals surface area (Å²) in [5, 5.41) is 22.9. The second kappa shape index (κ2) is 4.77. The van der Waals surface area contributed by atoms with Gasteiger partial charge in [0.15, 0.2) is 0 Å². The molecule has 2 rings (SSSR count). The number of rotatable bonds is 5. The molecule has 0 radical (unpaired) electrons. The molecule has 0 aromatic carbocycles. The predicted octanol–water partition coefficient (Wildman–Crippen LogP) is 1.18. The average molecular weight is 236 g/mol. The van der Waals surface area contributed by atoms with Crippen LogP contribution in [0.3, 0.4) is 0 Å². The van der Waals surface area contributed by atoms with Crippen molar-refractivity contribution in [3.8, 4) is 11.5 Å². The summed E-state index contributed by atoms with van der Waals surface area (Å²) in [6.07, 6.45) is 2.67. The second-order valence-corrected chi connectivity index (χ2v) is 3.66. The van der Waals surface area contributed by atoms with E-state index in [0.717, 1.165) is 11.3 Å². The number of aromatic amines is 1. The number of hydrogen-bond acceptors (Lipinski definition) is 5. The van der Waals surface area contributed by atoms with Gasteiger partial charge in [-0.1, -0.05) is 0 Å². The molecule has 2 N–H and O–H groups in total. The Morgan fingerprint density at radius 3 is 3.00 bits per heavy atom. The third-order valence-corrected chi connectivity index (χ3v) is 2.31. The number of nitrogens with zero attached hydrogens (tertiary/aromatic N) is 3. The van der Waals surface area contributed by atoms with Crippen molar-refractivity contribution < 1.29 is 14.3 Å². The van der Waals surface area contributed by atoms with Gasteiger partial charge in [-0.25, -0.2) is 0 Å². The maximum atomic E-state index is 10.3. The minimum atomic E-state index is -0.824. The molecular weight excluding hydrogens is 224 g/mol. The lowest BCUT2D eigenvalue weighted by Gasteiger charge is -1.92. The first-order valence-electron chi connectivity index (χ1n) is 5.21. The van der Waals surface area contributed by atoms with Gasteiger partial charge in [0.2, 0.25) is 5.89 Å². The highest BCUT2D eigenvalue weighted by molar-refractivity contribution is 5.66. The van der Waals surface area contributed by atoms with Crippen molar-refractivity contribution in [2.45, 2.75) is 26.2 Å². The lowest BCUT2D eigenvalue weighted by Crippen LogP contribution is -1.95. The Hall–Kier alpha value is -2.18. The molecule has 0 saturated carbocycles. The number of aliphatic carboxylic acids is 1. The van der Waals surface area contributed by atoms with Gasteiger partial charge < -0.3 is 9.52 Å². The van der Waals surface area contributed by atoms with Crippen LogP contribution in [0.5, 0.6) is 0 Å². The first kappa shape index (κ1) is 11.3. The molecular formula is C10H12N4O3. The number of aryl methyl sites for hydroxylation is 2. The van der Waals surface area contributed by atoms with Gasteiger partial charge in [0.25, 0.3) is 5.89 Å². The van der Waals surface area contributed by atoms with Crippen molar-refractivity contribution in [1.29, 1.82) is 0 Å². The number of carboxylic acids is 1. The highest BCUT2D eigenvalue weighted by Gasteiger charge is 2.12. The number of nitrogens with one attached hydrogen (secondary N) is 1. The second-order valence-electron chi connectivity index (χ2n) is 3.66. The van der Waals surface area contributed by atoms with Crippen LogP contribution in [0.2, 0.25) is 0 Å².